The molecule has 1 fully saturated rings. The van der Waals surface area contributed by atoms with E-state index in [0.717, 1.165) is 24.0 Å². The average molecular weight is 272 g/mol. The number of nitrogens with zero attached hydrogens (tertiary/aromatic N) is 1. The first-order chi connectivity index (χ1) is 8.13. The van der Waals surface area contributed by atoms with Crippen LogP contribution in [0.4, 0.5) is 0 Å². The van der Waals surface area contributed by atoms with Gasteiger partial charge in [0.25, 0.3) is 5.91 Å². The normalized spacial score (nSPS) is 14.8. The van der Waals surface area contributed by atoms with Crippen LogP contribution >= 0.6 is 23.2 Å². The number of carbonyl (C=O) groups excluding carboxylic acids is 1. The largest absolute Gasteiger partial charge is 0.334 e. The highest BCUT2D eigenvalue weighted by Gasteiger charge is 2.32. The van der Waals surface area contributed by atoms with Crippen LogP contribution in [-0.4, -0.2) is 29.3 Å². The van der Waals surface area contributed by atoms with Gasteiger partial charge in [0.1, 0.15) is 0 Å². The van der Waals surface area contributed by atoms with Gasteiger partial charge in [-0.25, -0.2) is 0 Å². The van der Waals surface area contributed by atoms with Gasteiger partial charge in [0, 0.05) is 29.1 Å². The first kappa shape index (κ1) is 12.7. The summed E-state index contributed by atoms with van der Waals surface area (Å²) in [6.07, 6.45) is 2.19. The Hall–Kier alpha value is -0.730. The fourth-order valence-corrected chi connectivity index (χ4v) is 2.36. The van der Waals surface area contributed by atoms with Crippen LogP contribution in [0.2, 0.25) is 5.02 Å². The summed E-state index contributed by atoms with van der Waals surface area (Å²) < 4.78 is 0. The Labute approximate surface area is 112 Å². The zero-order valence-electron chi connectivity index (χ0n) is 9.75. The van der Waals surface area contributed by atoms with E-state index in [1.807, 2.05) is 17.9 Å². The Morgan fingerprint density at radius 3 is 2.71 bits per heavy atom. The lowest BCUT2D eigenvalue weighted by Crippen LogP contribution is -2.35. The Kier molecular flexibility index (Phi) is 3.95. The molecule has 0 unspecified atom stereocenters. The van der Waals surface area contributed by atoms with Crippen LogP contribution in [0.25, 0.3) is 0 Å². The number of hydrogen-bond donors (Lipinski definition) is 0. The maximum absolute atomic E-state index is 12.4. The van der Waals surface area contributed by atoms with Gasteiger partial charge >= 0.3 is 0 Å². The van der Waals surface area contributed by atoms with E-state index in [9.17, 15) is 4.79 Å². The summed E-state index contributed by atoms with van der Waals surface area (Å²) in [5.41, 5.74) is 1.65. The Morgan fingerprint density at radius 2 is 2.18 bits per heavy atom. The topological polar surface area (TPSA) is 20.3 Å². The molecule has 0 spiro atoms. The third-order valence-corrected chi connectivity index (χ3v) is 3.40. The molecule has 0 bridgehead atoms. The van der Waals surface area contributed by atoms with Crippen LogP contribution in [-0.2, 0) is 0 Å². The molecule has 0 atom stereocenters. The molecule has 1 aliphatic carbocycles. The summed E-state index contributed by atoms with van der Waals surface area (Å²) in [7, 11) is 0. The van der Waals surface area contributed by atoms with E-state index in [1.54, 1.807) is 12.1 Å². The second-order valence-electron chi connectivity index (χ2n) is 4.38. The Bertz CT molecular complexity index is 429. The molecule has 2 nitrogen and oxygen atoms in total. The van der Waals surface area contributed by atoms with Gasteiger partial charge < -0.3 is 4.90 Å². The number of carbonyl (C=O) groups is 1. The fraction of sp³-hybridized carbons (Fsp3) is 0.462. The van der Waals surface area contributed by atoms with Crippen LogP contribution in [0.1, 0.15) is 28.8 Å². The number of hydrogen-bond acceptors (Lipinski definition) is 1. The molecule has 1 aromatic carbocycles. The van der Waals surface area contributed by atoms with Gasteiger partial charge in [-0.05, 0) is 43.5 Å². The predicted molar refractivity (Wildman–Crippen MR) is 71.0 cm³/mol. The third kappa shape index (κ3) is 2.93. The number of alkyl halides is 1. The van der Waals surface area contributed by atoms with E-state index >= 15 is 0 Å². The van der Waals surface area contributed by atoms with E-state index in [-0.39, 0.29) is 5.91 Å². The zero-order valence-corrected chi connectivity index (χ0v) is 11.3. The molecule has 0 aromatic heterocycles. The van der Waals surface area contributed by atoms with Gasteiger partial charge in [-0.15, -0.1) is 11.6 Å². The predicted octanol–water partition coefficient (Wildman–Crippen LogP) is 3.49. The van der Waals surface area contributed by atoms with Crippen LogP contribution in [0.15, 0.2) is 18.2 Å². The highest BCUT2D eigenvalue weighted by Crippen LogP contribution is 2.29. The van der Waals surface area contributed by atoms with Gasteiger partial charge in [-0.2, -0.15) is 0 Å². The first-order valence-corrected chi connectivity index (χ1v) is 6.68. The number of rotatable bonds is 4. The van der Waals surface area contributed by atoms with Crippen molar-refractivity contribution in [3.8, 4) is 0 Å². The van der Waals surface area contributed by atoms with E-state index < -0.39 is 0 Å². The summed E-state index contributed by atoms with van der Waals surface area (Å²) in [6.45, 7) is 2.53. The molecule has 1 aliphatic rings. The average Bonchev–Trinajstić information content (AvgIpc) is 3.09. The molecule has 0 heterocycles. The van der Waals surface area contributed by atoms with E-state index in [0.29, 0.717) is 23.5 Å². The van der Waals surface area contributed by atoms with Crippen molar-refractivity contribution < 1.29 is 4.79 Å². The Balaban J connectivity index is 2.22. The third-order valence-electron chi connectivity index (χ3n) is 2.99. The van der Waals surface area contributed by atoms with Gasteiger partial charge in [0.2, 0.25) is 0 Å². The molecular formula is C13H15Cl2NO. The molecule has 0 aliphatic heterocycles. The molecule has 17 heavy (non-hydrogen) atoms. The Morgan fingerprint density at radius 1 is 1.47 bits per heavy atom. The fourth-order valence-electron chi connectivity index (χ4n) is 1.95. The lowest BCUT2D eigenvalue weighted by molar-refractivity contribution is 0.0753. The van der Waals surface area contributed by atoms with E-state index in [2.05, 4.69) is 0 Å². The summed E-state index contributed by atoms with van der Waals surface area (Å²) in [4.78, 5) is 14.3. The number of aryl methyl sites for hydroxylation is 1. The smallest absolute Gasteiger partial charge is 0.254 e. The van der Waals surface area contributed by atoms with Crippen molar-refractivity contribution in [2.45, 2.75) is 25.8 Å². The van der Waals surface area contributed by atoms with Gasteiger partial charge in [0.05, 0.1) is 0 Å². The van der Waals surface area contributed by atoms with Crippen LogP contribution in [0.5, 0.6) is 0 Å². The minimum atomic E-state index is 0.0716. The molecule has 0 N–H and O–H groups in total. The van der Waals surface area contributed by atoms with Crippen molar-refractivity contribution in [3.05, 3.63) is 34.3 Å². The molecule has 1 amide bonds. The van der Waals surface area contributed by atoms with Gasteiger partial charge in [0.15, 0.2) is 0 Å². The highest BCUT2D eigenvalue weighted by atomic mass is 35.5. The molecule has 92 valence electrons. The lowest BCUT2D eigenvalue weighted by Gasteiger charge is -2.22. The van der Waals surface area contributed by atoms with E-state index in [4.69, 9.17) is 23.2 Å². The number of halogens is 2. The summed E-state index contributed by atoms with van der Waals surface area (Å²) >= 11 is 11.6. The minimum Gasteiger partial charge on any atom is -0.334 e. The SMILES string of the molecule is Cc1cc(Cl)ccc1C(=O)N(CCCl)C1CC1. The van der Waals surface area contributed by atoms with Gasteiger partial charge in [-0.1, -0.05) is 11.6 Å². The van der Waals surface area contributed by atoms with Gasteiger partial charge in [-0.3, -0.25) is 4.79 Å². The van der Waals surface area contributed by atoms with Crippen molar-refractivity contribution in [2.24, 2.45) is 0 Å². The summed E-state index contributed by atoms with van der Waals surface area (Å²) in [5.74, 6) is 0.553. The summed E-state index contributed by atoms with van der Waals surface area (Å²) in [5, 5.41) is 0.661. The second-order valence-corrected chi connectivity index (χ2v) is 5.19. The molecule has 1 saturated carbocycles. The number of benzene rings is 1. The standard InChI is InChI=1S/C13H15Cl2NO/c1-9-8-10(15)2-5-12(9)13(17)16(7-6-14)11-3-4-11/h2,5,8,11H,3-4,6-7H2,1H3. The van der Waals surface area contributed by atoms with Crippen molar-refractivity contribution in [3.63, 3.8) is 0 Å². The first-order valence-electron chi connectivity index (χ1n) is 5.76. The molecule has 2 rings (SSSR count). The lowest BCUT2D eigenvalue weighted by atomic mass is 10.1. The molecule has 0 radical (unpaired) electrons. The monoisotopic (exact) mass is 271 g/mol. The number of amides is 1. The van der Waals surface area contributed by atoms with Crippen LogP contribution in [0.3, 0.4) is 0 Å². The van der Waals surface area contributed by atoms with Crippen molar-refractivity contribution in [2.75, 3.05) is 12.4 Å². The minimum absolute atomic E-state index is 0.0716. The van der Waals surface area contributed by atoms with Crippen LogP contribution < -0.4 is 0 Å². The van der Waals surface area contributed by atoms with Crippen molar-refractivity contribution in [1.29, 1.82) is 0 Å². The second kappa shape index (κ2) is 5.28. The molecule has 0 saturated heterocycles. The maximum atomic E-state index is 12.4. The maximum Gasteiger partial charge on any atom is 0.254 e. The van der Waals surface area contributed by atoms with Crippen LogP contribution in [0, 0.1) is 6.92 Å². The molecule has 1 aromatic rings. The summed E-state index contributed by atoms with van der Waals surface area (Å²) in [6, 6.07) is 5.76. The quantitative estimate of drug-likeness (QED) is 0.768. The zero-order chi connectivity index (χ0) is 12.4. The molecular weight excluding hydrogens is 257 g/mol. The molecule has 4 heteroatoms. The van der Waals surface area contributed by atoms with Crippen molar-refractivity contribution >= 4 is 29.1 Å². The highest BCUT2D eigenvalue weighted by molar-refractivity contribution is 6.30. The van der Waals surface area contributed by atoms with Crippen molar-refractivity contribution in [1.82, 2.24) is 4.90 Å². The van der Waals surface area contributed by atoms with E-state index in [1.165, 1.54) is 0 Å².